The van der Waals surface area contributed by atoms with Crippen molar-refractivity contribution in [3.63, 3.8) is 0 Å². The fourth-order valence-electron chi connectivity index (χ4n) is 2.59. The standard InChI is InChI=1S/C19H15N5O2S.ClH/c1-26-14-4-2-13(3-5-14)17-22-15(12-6-8-20-9-7-12)16(23-17)18(25)24-19-21-10-11-27-19;/h2-11H,1H3,(H,22,23)(H,21,24,25);1H. The highest BCUT2D eigenvalue weighted by molar-refractivity contribution is 7.13. The smallest absolute Gasteiger partial charge is 0.278 e. The number of carbonyl (C=O) groups is 1. The first kappa shape index (κ1) is 19.5. The number of hydrogen-bond donors (Lipinski definition) is 2. The first-order valence-corrected chi connectivity index (χ1v) is 8.98. The zero-order chi connectivity index (χ0) is 18.6. The lowest BCUT2D eigenvalue weighted by Gasteiger charge is -2.02. The largest absolute Gasteiger partial charge is 0.497 e. The van der Waals surface area contributed by atoms with Crippen molar-refractivity contribution in [1.82, 2.24) is 19.9 Å². The van der Waals surface area contributed by atoms with Crippen LogP contribution in [0.25, 0.3) is 22.6 Å². The van der Waals surface area contributed by atoms with Gasteiger partial charge in [-0.3, -0.25) is 15.1 Å². The highest BCUT2D eigenvalue weighted by atomic mass is 35.5. The second kappa shape index (κ2) is 8.64. The Bertz CT molecular complexity index is 1050. The molecule has 0 bridgehead atoms. The zero-order valence-corrected chi connectivity index (χ0v) is 16.4. The van der Waals surface area contributed by atoms with Crippen molar-refractivity contribution >= 4 is 34.8 Å². The third kappa shape index (κ3) is 4.03. The van der Waals surface area contributed by atoms with Crippen molar-refractivity contribution in [2.75, 3.05) is 12.4 Å². The minimum atomic E-state index is -0.326. The second-order valence-electron chi connectivity index (χ2n) is 5.56. The van der Waals surface area contributed by atoms with Crippen molar-refractivity contribution < 1.29 is 9.53 Å². The molecule has 3 heterocycles. The van der Waals surface area contributed by atoms with Crippen LogP contribution < -0.4 is 10.1 Å². The Morgan fingerprint density at radius 3 is 2.46 bits per heavy atom. The van der Waals surface area contributed by atoms with Gasteiger partial charge in [-0.15, -0.1) is 23.7 Å². The van der Waals surface area contributed by atoms with E-state index in [2.05, 4.69) is 25.3 Å². The summed E-state index contributed by atoms with van der Waals surface area (Å²) in [5.41, 5.74) is 2.58. The van der Waals surface area contributed by atoms with Crippen LogP contribution in [0.15, 0.2) is 60.4 Å². The van der Waals surface area contributed by atoms with Gasteiger partial charge in [-0.25, -0.2) is 9.97 Å². The number of pyridine rings is 1. The van der Waals surface area contributed by atoms with E-state index in [1.165, 1.54) is 11.3 Å². The third-order valence-corrected chi connectivity index (χ3v) is 4.59. The number of carbonyl (C=O) groups excluding carboxylic acids is 1. The number of anilines is 1. The van der Waals surface area contributed by atoms with E-state index >= 15 is 0 Å². The fourth-order valence-corrected chi connectivity index (χ4v) is 3.12. The summed E-state index contributed by atoms with van der Waals surface area (Å²) in [7, 11) is 1.62. The number of rotatable bonds is 5. The maximum atomic E-state index is 12.8. The SMILES string of the molecule is COc1ccc(-c2nc(C(=O)Nc3nccs3)c(-c3ccncc3)[nH]2)cc1.Cl. The van der Waals surface area contributed by atoms with Gasteiger partial charge >= 0.3 is 0 Å². The van der Waals surface area contributed by atoms with Crippen LogP contribution in [0.5, 0.6) is 5.75 Å². The molecule has 0 atom stereocenters. The highest BCUT2D eigenvalue weighted by Crippen LogP contribution is 2.27. The van der Waals surface area contributed by atoms with Crippen LogP contribution in [0.1, 0.15) is 10.5 Å². The minimum absolute atomic E-state index is 0. The van der Waals surface area contributed by atoms with Crippen LogP contribution in [0.2, 0.25) is 0 Å². The number of nitrogens with zero attached hydrogens (tertiary/aromatic N) is 3. The average Bonchev–Trinajstić information content (AvgIpc) is 3.38. The van der Waals surface area contributed by atoms with Crippen LogP contribution >= 0.6 is 23.7 Å². The summed E-state index contributed by atoms with van der Waals surface area (Å²) in [6.07, 6.45) is 4.98. The molecule has 142 valence electrons. The summed E-state index contributed by atoms with van der Waals surface area (Å²) in [6, 6.07) is 11.1. The molecule has 0 aliphatic heterocycles. The van der Waals surface area contributed by atoms with E-state index in [1.807, 2.05) is 36.4 Å². The number of benzene rings is 1. The molecule has 4 aromatic rings. The van der Waals surface area contributed by atoms with Crippen molar-refractivity contribution in [3.8, 4) is 28.4 Å². The molecule has 1 amide bonds. The molecule has 0 radical (unpaired) electrons. The first-order valence-electron chi connectivity index (χ1n) is 8.10. The topological polar surface area (TPSA) is 92.8 Å². The zero-order valence-electron chi connectivity index (χ0n) is 14.7. The Kier molecular flexibility index (Phi) is 6.03. The molecule has 1 aromatic carbocycles. The number of imidazole rings is 1. The van der Waals surface area contributed by atoms with Gasteiger partial charge in [-0.2, -0.15) is 0 Å². The number of aromatic nitrogens is 4. The quantitative estimate of drug-likeness (QED) is 0.509. The van der Waals surface area contributed by atoms with Crippen molar-refractivity contribution in [1.29, 1.82) is 0 Å². The lowest BCUT2D eigenvalue weighted by Crippen LogP contribution is -2.13. The second-order valence-corrected chi connectivity index (χ2v) is 6.46. The molecule has 28 heavy (non-hydrogen) atoms. The van der Waals surface area contributed by atoms with E-state index in [0.29, 0.717) is 22.3 Å². The van der Waals surface area contributed by atoms with Gasteiger partial charge in [0.15, 0.2) is 10.8 Å². The van der Waals surface area contributed by atoms with Gasteiger partial charge in [0.05, 0.1) is 12.8 Å². The van der Waals surface area contributed by atoms with Gasteiger partial charge in [-0.05, 0) is 36.4 Å². The molecule has 0 aliphatic carbocycles. The van der Waals surface area contributed by atoms with Crippen molar-refractivity contribution in [3.05, 3.63) is 66.1 Å². The van der Waals surface area contributed by atoms with Crippen LogP contribution in [0.3, 0.4) is 0 Å². The van der Waals surface area contributed by atoms with Crippen LogP contribution in [-0.4, -0.2) is 33.0 Å². The monoisotopic (exact) mass is 413 g/mol. The van der Waals surface area contributed by atoms with Gasteiger partial charge in [0.2, 0.25) is 0 Å². The van der Waals surface area contributed by atoms with Crippen LogP contribution in [-0.2, 0) is 0 Å². The fraction of sp³-hybridized carbons (Fsp3) is 0.0526. The molecular formula is C19H16ClN5O2S. The van der Waals surface area contributed by atoms with Crippen molar-refractivity contribution in [2.45, 2.75) is 0 Å². The van der Waals surface area contributed by atoms with E-state index in [1.54, 1.807) is 31.1 Å². The molecule has 0 fully saturated rings. The molecule has 2 N–H and O–H groups in total. The van der Waals surface area contributed by atoms with Gasteiger partial charge in [0.25, 0.3) is 5.91 Å². The maximum Gasteiger partial charge on any atom is 0.278 e. The molecule has 0 spiro atoms. The number of ether oxygens (including phenoxy) is 1. The number of nitrogens with one attached hydrogen (secondary N) is 2. The number of hydrogen-bond acceptors (Lipinski definition) is 6. The van der Waals surface area contributed by atoms with E-state index in [4.69, 9.17) is 4.74 Å². The molecule has 3 aromatic heterocycles. The lowest BCUT2D eigenvalue weighted by molar-refractivity contribution is 0.102. The molecule has 9 heteroatoms. The Morgan fingerprint density at radius 1 is 1.07 bits per heavy atom. The summed E-state index contributed by atoms with van der Waals surface area (Å²) in [4.78, 5) is 28.7. The number of amides is 1. The number of H-pyrrole nitrogens is 1. The molecule has 4 rings (SSSR count). The lowest BCUT2D eigenvalue weighted by atomic mass is 10.1. The van der Waals surface area contributed by atoms with E-state index < -0.39 is 0 Å². The van der Waals surface area contributed by atoms with E-state index in [9.17, 15) is 4.79 Å². The maximum absolute atomic E-state index is 12.8. The molecule has 7 nitrogen and oxygen atoms in total. The highest BCUT2D eigenvalue weighted by Gasteiger charge is 2.20. The van der Waals surface area contributed by atoms with E-state index in [-0.39, 0.29) is 18.3 Å². The number of methoxy groups -OCH3 is 1. The predicted octanol–water partition coefficient (Wildman–Crippen LogP) is 4.28. The summed E-state index contributed by atoms with van der Waals surface area (Å²) < 4.78 is 5.19. The van der Waals surface area contributed by atoms with E-state index in [0.717, 1.165) is 16.9 Å². The number of aromatic amines is 1. The molecule has 0 saturated carbocycles. The van der Waals surface area contributed by atoms with Crippen molar-refractivity contribution in [2.24, 2.45) is 0 Å². The predicted molar refractivity (Wildman–Crippen MR) is 111 cm³/mol. The average molecular weight is 414 g/mol. The van der Waals surface area contributed by atoms with Gasteiger partial charge in [0.1, 0.15) is 11.6 Å². The van der Waals surface area contributed by atoms with Gasteiger partial charge in [-0.1, -0.05) is 0 Å². The Morgan fingerprint density at radius 2 is 1.82 bits per heavy atom. The summed E-state index contributed by atoms with van der Waals surface area (Å²) >= 11 is 1.35. The van der Waals surface area contributed by atoms with Gasteiger partial charge in [0, 0.05) is 35.1 Å². The summed E-state index contributed by atoms with van der Waals surface area (Å²) in [5.74, 6) is 1.02. The Labute approximate surface area is 171 Å². The normalized spacial score (nSPS) is 10.2. The molecule has 0 aliphatic rings. The Hall–Kier alpha value is -3.23. The van der Waals surface area contributed by atoms with Crippen LogP contribution in [0.4, 0.5) is 5.13 Å². The first-order chi connectivity index (χ1) is 13.2. The molecular weight excluding hydrogens is 398 g/mol. The number of halogens is 1. The Balaban J connectivity index is 0.00000225. The third-order valence-electron chi connectivity index (χ3n) is 3.90. The summed E-state index contributed by atoms with van der Waals surface area (Å²) in [6.45, 7) is 0. The molecule has 0 saturated heterocycles. The van der Waals surface area contributed by atoms with Crippen LogP contribution in [0, 0.1) is 0 Å². The van der Waals surface area contributed by atoms with Gasteiger partial charge < -0.3 is 9.72 Å². The number of thiazole rings is 1. The summed E-state index contributed by atoms with van der Waals surface area (Å²) in [5, 5.41) is 5.10. The minimum Gasteiger partial charge on any atom is -0.497 e. The molecule has 0 unspecified atom stereocenters.